The molecule has 2 amide bonds. The highest BCUT2D eigenvalue weighted by Crippen LogP contribution is 2.28. The summed E-state index contributed by atoms with van der Waals surface area (Å²) >= 11 is 12.3. The average molecular weight is 619 g/mol. The second-order valence-electron chi connectivity index (χ2n) is 10.4. The molecule has 0 spiro atoms. The number of nitrogens with one attached hydrogen (secondary N) is 1. The Bertz CT molecular complexity index is 1490. The number of anilines is 1. The third kappa shape index (κ3) is 8.24. The van der Waals surface area contributed by atoms with Crippen molar-refractivity contribution in [2.75, 3.05) is 10.8 Å². The first-order valence-electron chi connectivity index (χ1n) is 13.4. The summed E-state index contributed by atoms with van der Waals surface area (Å²) in [6, 6.07) is 15.9. The Labute approximate surface area is 253 Å². The predicted molar refractivity (Wildman–Crippen MR) is 166 cm³/mol. The smallest absolute Gasteiger partial charge is 0.264 e. The lowest BCUT2D eigenvalue weighted by Gasteiger charge is -2.32. The van der Waals surface area contributed by atoms with Crippen molar-refractivity contribution in [2.24, 2.45) is 0 Å². The third-order valence-electron chi connectivity index (χ3n) is 6.89. The number of benzene rings is 3. The van der Waals surface area contributed by atoms with Crippen LogP contribution in [0.4, 0.5) is 5.69 Å². The molecule has 220 valence electrons. The van der Waals surface area contributed by atoms with Crippen LogP contribution in [0.5, 0.6) is 0 Å². The fourth-order valence-corrected chi connectivity index (χ4v) is 6.06. The molecule has 0 aliphatic carbocycles. The Morgan fingerprint density at radius 1 is 0.854 bits per heavy atom. The van der Waals surface area contributed by atoms with Crippen LogP contribution < -0.4 is 9.62 Å². The number of rotatable bonds is 11. The van der Waals surface area contributed by atoms with Crippen LogP contribution in [0.1, 0.15) is 49.4 Å². The van der Waals surface area contributed by atoms with Crippen molar-refractivity contribution in [3.8, 4) is 0 Å². The summed E-state index contributed by atoms with van der Waals surface area (Å²) in [5.74, 6) is -0.884. The molecule has 0 saturated carbocycles. The molecule has 10 heteroatoms. The summed E-state index contributed by atoms with van der Waals surface area (Å²) in [6.07, 6.45) is 0.717. The molecule has 3 aromatic carbocycles. The van der Waals surface area contributed by atoms with Crippen LogP contribution in [0.15, 0.2) is 65.6 Å². The van der Waals surface area contributed by atoms with E-state index in [1.54, 1.807) is 49.4 Å². The maximum absolute atomic E-state index is 14.1. The summed E-state index contributed by atoms with van der Waals surface area (Å²) < 4.78 is 29.1. The van der Waals surface area contributed by atoms with Crippen molar-refractivity contribution in [1.82, 2.24) is 10.2 Å². The van der Waals surface area contributed by atoms with Crippen LogP contribution in [0.3, 0.4) is 0 Å². The van der Waals surface area contributed by atoms with Crippen molar-refractivity contribution in [1.29, 1.82) is 0 Å². The first-order valence-corrected chi connectivity index (χ1v) is 15.6. The second-order valence-corrected chi connectivity index (χ2v) is 13.1. The van der Waals surface area contributed by atoms with Crippen LogP contribution in [0.25, 0.3) is 0 Å². The van der Waals surface area contributed by atoms with E-state index in [-0.39, 0.29) is 23.4 Å². The molecule has 0 saturated heterocycles. The lowest BCUT2D eigenvalue weighted by Crippen LogP contribution is -2.52. The Kier molecular flexibility index (Phi) is 10.9. The Morgan fingerprint density at radius 3 is 2.02 bits per heavy atom. The molecular weight excluding hydrogens is 581 g/mol. The Hall–Kier alpha value is -3.07. The maximum atomic E-state index is 14.1. The van der Waals surface area contributed by atoms with Gasteiger partial charge in [0.1, 0.15) is 12.6 Å². The summed E-state index contributed by atoms with van der Waals surface area (Å²) in [7, 11) is -4.14. The highest BCUT2D eigenvalue weighted by atomic mass is 35.5. The van der Waals surface area contributed by atoms with E-state index < -0.39 is 28.5 Å². The SMILES string of the molecule is CC[C@H](C)NC(=O)[C@@H](C)N(Cc1ccc(Cl)c(Cl)c1)C(=O)CN(c1cc(C)cc(C)c1)S(=O)(=O)c1ccc(C)cc1. The van der Waals surface area contributed by atoms with Gasteiger partial charge in [0.2, 0.25) is 11.8 Å². The van der Waals surface area contributed by atoms with Crippen molar-refractivity contribution in [3.05, 3.63) is 93.0 Å². The number of sulfonamides is 1. The van der Waals surface area contributed by atoms with Gasteiger partial charge in [-0.3, -0.25) is 13.9 Å². The van der Waals surface area contributed by atoms with E-state index in [2.05, 4.69) is 5.32 Å². The molecule has 3 aromatic rings. The minimum atomic E-state index is -4.14. The molecule has 0 bridgehead atoms. The number of halogens is 2. The Morgan fingerprint density at radius 2 is 1.46 bits per heavy atom. The van der Waals surface area contributed by atoms with Crippen LogP contribution >= 0.6 is 23.2 Å². The van der Waals surface area contributed by atoms with Crippen molar-refractivity contribution in [3.63, 3.8) is 0 Å². The third-order valence-corrected chi connectivity index (χ3v) is 9.41. The number of hydrogen-bond acceptors (Lipinski definition) is 4. The van der Waals surface area contributed by atoms with E-state index in [1.807, 2.05) is 40.7 Å². The molecule has 0 aromatic heterocycles. The fraction of sp³-hybridized carbons (Fsp3) is 0.355. The van der Waals surface area contributed by atoms with Crippen LogP contribution in [0, 0.1) is 20.8 Å². The molecule has 7 nitrogen and oxygen atoms in total. The van der Waals surface area contributed by atoms with E-state index >= 15 is 0 Å². The standard InChI is InChI=1S/C31H37Cl2N3O4S/c1-7-23(5)34-31(38)24(6)35(18-25-10-13-28(32)29(33)17-25)30(37)19-36(26-15-21(3)14-22(4)16-26)41(39,40)27-11-8-20(2)9-12-27/h8-17,23-24H,7,18-19H2,1-6H3,(H,34,38)/t23-,24+/m0/s1. The minimum Gasteiger partial charge on any atom is -0.352 e. The molecule has 0 unspecified atom stereocenters. The van der Waals surface area contributed by atoms with Crippen molar-refractivity contribution < 1.29 is 18.0 Å². The molecule has 0 fully saturated rings. The Balaban J connectivity index is 2.07. The van der Waals surface area contributed by atoms with Gasteiger partial charge in [-0.05, 0) is 94.1 Å². The lowest BCUT2D eigenvalue weighted by atomic mass is 10.1. The molecule has 1 N–H and O–H groups in total. The maximum Gasteiger partial charge on any atom is 0.264 e. The van der Waals surface area contributed by atoms with E-state index in [9.17, 15) is 18.0 Å². The van der Waals surface area contributed by atoms with Crippen LogP contribution in [-0.4, -0.2) is 43.8 Å². The molecule has 2 atom stereocenters. The average Bonchev–Trinajstić information content (AvgIpc) is 2.91. The van der Waals surface area contributed by atoms with E-state index in [1.165, 1.54) is 17.0 Å². The number of hydrogen-bond donors (Lipinski definition) is 1. The molecule has 41 heavy (non-hydrogen) atoms. The number of carbonyl (C=O) groups excluding carboxylic acids is 2. The van der Waals surface area contributed by atoms with E-state index in [0.29, 0.717) is 27.7 Å². The highest BCUT2D eigenvalue weighted by molar-refractivity contribution is 7.92. The molecule has 0 aliphatic rings. The molecule has 3 rings (SSSR count). The zero-order valence-corrected chi connectivity index (χ0v) is 26.6. The molecule has 0 radical (unpaired) electrons. The zero-order valence-electron chi connectivity index (χ0n) is 24.2. The number of amides is 2. The summed E-state index contributed by atoms with van der Waals surface area (Å²) in [6.45, 7) is 10.6. The van der Waals surface area contributed by atoms with E-state index in [4.69, 9.17) is 23.2 Å². The monoisotopic (exact) mass is 617 g/mol. The van der Waals surface area contributed by atoms with Gasteiger partial charge in [0.25, 0.3) is 10.0 Å². The highest BCUT2D eigenvalue weighted by Gasteiger charge is 2.33. The lowest BCUT2D eigenvalue weighted by molar-refractivity contribution is -0.139. The fourth-order valence-electron chi connectivity index (χ4n) is 4.34. The van der Waals surface area contributed by atoms with E-state index in [0.717, 1.165) is 21.0 Å². The second kappa shape index (κ2) is 13.7. The number of nitrogens with zero attached hydrogens (tertiary/aromatic N) is 2. The number of carbonyl (C=O) groups is 2. The quantitative estimate of drug-likeness (QED) is 0.268. The topological polar surface area (TPSA) is 86.8 Å². The van der Waals surface area contributed by atoms with Crippen LogP contribution in [-0.2, 0) is 26.2 Å². The van der Waals surface area contributed by atoms with Gasteiger partial charge in [0.05, 0.1) is 20.6 Å². The summed E-state index contributed by atoms with van der Waals surface area (Å²) in [4.78, 5) is 28.7. The molecule has 0 aliphatic heterocycles. The zero-order chi connectivity index (χ0) is 30.5. The normalized spacial score (nSPS) is 12.9. The van der Waals surface area contributed by atoms with Gasteiger partial charge in [-0.2, -0.15) is 0 Å². The van der Waals surface area contributed by atoms with Crippen LogP contribution in [0.2, 0.25) is 10.0 Å². The molecule has 0 heterocycles. The minimum absolute atomic E-state index is 0.0239. The van der Waals surface area contributed by atoms with Crippen molar-refractivity contribution in [2.45, 2.75) is 71.5 Å². The number of aryl methyl sites for hydroxylation is 3. The largest absolute Gasteiger partial charge is 0.352 e. The summed E-state index contributed by atoms with van der Waals surface area (Å²) in [5, 5.41) is 3.59. The van der Waals surface area contributed by atoms with Gasteiger partial charge in [0.15, 0.2) is 0 Å². The van der Waals surface area contributed by atoms with Gasteiger partial charge in [0, 0.05) is 12.6 Å². The van der Waals surface area contributed by atoms with Gasteiger partial charge in [-0.15, -0.1) is 0 Å². The predicted octanol–water partition coefficient (Wildman–Crippen LogP) is 6.45. The van der Waals surface area contributed by atoms with Gasteiger partial charge in [-0.25, -0.2) is 8.42 Å². The first-order chi connectivity index (χ1) is 19.2. The molecular formula is C31H37Cl2N3O4S. The first kappa shape index (κ1) is 32.4. The van der Waals surface area contributed by atoms with Gasteiger partial charge >= 0.3 is 0 Å². The van der Waals surface area contributed by atoms with Crippen molar-refractivity contribution >= 4 is 50.7 Å². The van der Waals surface area contributed by atoms with Gasteiger partial charge < -0.3 is 10.2 Å². The van der Waals surface area contributed by atoms with Gasteiger partial charge in [-0.1, -0.05) is 60.0 Å². The summed E-state index contributed by atoms with van der Waals surface area (Å²) in [5.41, 5.74) is 3.63.